The van der Waals surface area contributed by atoms with Gasteiger partial charge < -0.3 is 10.2 Å². The fraction of sp³-hybridized carbons (Fsp3) is 0.778. The molecule has 0 aromatic carbocycles. The lowest BCUT2D eigenvalue weighted by Crippen LogP contribution is -2.50. The maximum atomic E-state index is 13.0. The van der Waals surface area contributed by atoms with Crippen LogP contribution in [0.1, 0.15) is 38.3 Å². The lowest BCUT2D eigenvalue weighted by Gasteiger charge is -2.34. The zero-order valence-electron chi connectivity index (χ0n) is 16.5. The van der Waals surface area contributed by atoms with Crippen molar-refractivity contribution in [1.82, 2.24) is 24.3 Å². The first-order valence-electron chi connectivity index (χ1n) is 9.84. The van der Waals surface area contributed by atoms with E-state index in [1.54, 1.807) is 18.7 Å². The minimum absolute atomic E-state index is 0.00671. The molecule has 2 aliphatic rings. The van der Waals surface area contributed by atoms with Gasteiger partial charge in [0.05, 0.1) is 17.8 Å². The third-order valence-corrected chi connectivity index (χ3v) is 7.91. The Morgan fingerprint density at radius 2 is 1.96 bits per heavy atom. The SMILES string of the molecule is CCN1CCC(NC(=O)[C@H]2CCCN(S(=O)(=O)c3cnn(C)c3C)C2)CC1. The first-order valence-corrected chi connectivity index (χ1v) is 11.3. The number of hydrogen-bond donors (Lipinski definition) is 1. The van der Waals surface area contributed by atoms with Crippen LogP contribution < -0.4 is 5.32 Å². The van der Waals surface area contributed by atoms with Gasteiger partial charge in [0, 0.05) is 39.3 Å². The summed E-state index contributed by atoms with van der Waals surface area (Å²) in [6, 6.07) is 0.202. The van der Waals surface area contributed by atoms with E-state index in [0.717, 1.165) is 38.9 Å². The Labute approximate surface area is 161 Å². The molecule has 0 saturated carbocycles. The van der Waals surface area contributed by atoms with E-state index in [2.05, 4.69) is 22.2 Å². The van der Waals surface area contributed by atoms with Gasteiger partial charge in [0.1, 0.15) is 4.90 Å². The number of hydrogen-bond acceptors (Lipinski definition) is 5. The second-order valence-corrected chi connectivity index (χ2v) is 9.54. The highest BCUT2D eigenvalue weighted by Gasteiger charge is 2.35. The molecule has 0 radical (unpaired) electrons. The van der Waals surface area contributed by atoms with Gasteiger partial charge >= 0.3 is 0 Å². The molecule has 1 aromatic heterocycles. The number of nitrogens with one attached hydrogen (secondary N) is 1. The van der Waals surface area contributed by atoms with Crippen LogP contribution in [0.15, 0.2) is 11.1 Å². The molecule has 1 amide bonds. The molecular weight excluding hydrogens is 366 g/mol. The predicted octanol–water partition coefficient (Wildman–Crippen LogP) is 0.730. The molecule has 2 aliphatic heterocycles. The molecule has 0 spiro atoms. The average molecular weight is 398 g/mol. The molecule has 27 heavy (non-hydrogen) atoms. The number of nitrogens with zero attached hydrogens (tertiary/aromatic N) is 4. The van der Waals surface area contributed by atoms with E-state index < -0.39 is 10.0 Å². The molecule has 152 valence electrons. The number of carbonyl (C=O) groups excluding carboxylic acids is 1. The highest BCUT2D eigenvalue weighted by molar-refractivity contribution is 7.89. The van der Waals surface area contributed by atoms with E-state index in [1.807, 2.05) is 0 Å². The molecule has 0 unspecified atom stereocenters. The van der Waals surface area contributed by atoms with Crippen LogP contribution >= 0.6 is 0 Å². The Kier molecular flexibility index (Phi) is 6.22. The van der Waals surface area contributed by atoms with E-state index >= 15 is 0 Å². The van der Waals surface area contributed by atoms with Gasteiger partial charge in [0.25, 0.3) is 0 Å². The Hall–Kier alpha value is -1.45. The second kappa shape index (κ2) is 8.28. The lowest BCUT2D eigenvalue weighted by molar-refractivity contribution is -0.127. The Balaban J connectivity index is 1.62. The molecule has 8 nitrogen and oxygen atoms in total. The van der Waals surface area contributed by atoms with Gasteiger partial charge in [0.15, 0.2) is 0 Å². The van der Waals surface area contributed by atoms with Crippen LogP contribution in [0.5, 0.6) is 0 Å². The van der Waals surface area contributed by atoms with E-state index in [-0.39, 0.29) is 29.3 Å². The number of likely N-dealkylation sites (tertiary alicyclic amines) is 1. The topological polar surface area (TPSA) is 87.5 Å². The van der Waals surface area contributed by atoms with Gasteiger partial charge in [-0.1, -0.05) is 6.92 Å². The summed E-state index contributed by atoms with van der Waals surface area (Å²) in [5.74, 6) is -0.289. The van der Waals surface area contributed by atoms with Crippen molar-refractivity contribution in [2.75, 3.05) is 32.7 Å². The maximum Gasteiger partial charge on any atom is 0.246 e. The number of rotatable bonds is 5. The first kappa shape index (κ1) is 20.3. The van der Waals surface area contributed by atoms with E-state index in [9.17, 15) is 13.2 Å². The highest BCUT2D eigenvalue weighted by Crippen LogP contribution is 2.25. The third kappa shape index (κ3) is 4.35. The first-order chi connectivity index (χ1) is 12.8. The molecule has 2 fully saturated rings. The zero-order valence-corrected chi connectivity index (χ0v) is 17.3. The van der Waals surface area contributed by atoms with Crippen molar-refractivity contribution in [3.8, 4) is 0 Å². The van der Waals surface area contributed by atoms with Crippen molar-refractivity contribution in [3.05, 3.63) is 11.9 Å². The van der Waals surface area contributed by atoms with Crippen molar-refractivity contribution in [3.63, 3.8) is 0 Å². The van der Waals surface area contributed by atoms with E-state index in [4.69, 9.17) is 0 Å². The van der Waals surface area contributed by atoms with Gasteiger partial charge in [-0.2, -0.15) is 9.40 Å². The van der Waals surface area contributed by atoms with Gasteiger partial charge in [-0.05, 0) is 39.2 Å². The summed E-state index contributed by atoms with van der Waals surface area (Å²) in [5, 5.41) is 7.21. The number of carbonyl (C=O) groups is 1. The van der Waals surface area contributed by atoms with Gasteiger partial charge in [-0.15, -0.1) is 0 Å². The average Bonchev–Trinajstić information content (AvgIpc) is 3.02. The number of aromatic nitrogens is 2. The van der Waals surface area contributed by atoms with Crippen molar-refractivity contribution in [2.24, 2.45) is 13.0 Å². The largest absolute Gasteiger partial charge is 0.353 e. The Bertz CT molecular complexity index is 768. The summed E-state index contributed by atoms with van der Waals surface area (Å²) in [6.45, 7) is 7.66. The molecule has 3 heterocycles. The fourth-order valence-electron chi connectivity index (χ4n) is 3.96. The molecular formula is C18H31N5O3S. The van der Waals surface area contributed by atoms with Gasteiger partial charge in [-0.25, -0.2) is 8.42 Å². The summed E-state index contributed by atoms with van der Waals surface area (Å²) >= 11 is 0. The highest BCUT2D eigenvalue weighted by atomic mass is 32.2. The van der Waals surface area contributed by atoms with Crippen LogP contribution in [0.25, 0.3) is 0 Å². The smallest absolute Gasteiger partial charge is 0.246 e. The Morgan fingerprint density at radius 1 is 1.26 bits per heavy atom. The third-order valence-electron chi connectivity index (χ3n) is 5.94. The minimum atomic E-state index is -3.62. The molecule has 0 aliphatic carbocycles. The molecule has 1 atom stereocenters. The lowest BCUT2D eigenvalue weighted by atomic mass is 9.97. The normalized spacial score (nSPS) is 23.4. The van der Waals surface area contributed by atoms with Crippen LogP contribution in [-0.2, 0) is 21.9 Å². The minimum Gasteiger partial charge on any atom is -0.353 e. The van der Waals surface area contributed by atoms with Crippen LogP contribution in [0.3, 0.4) is 0 Å². The predicted molar refractivity (Wildman–Crippen MR) is 103 cm³/mol. The summed E-state index contributed by atoms with van der Waals surface area (Å²) in [7, 11) is -1.89. The summed E-state index contributed by atoms with van der Waals surface area (Å²) < 4.78 is 29.0. The van der Waals surface area contributed by atoms with Crippen molar-refractivity contribution in [1.29, 1.82) is 0 Å². The molecule has 2 saturated heterocycles. The standard InChI is InChI=1S/C18H31N5O3S/c1-4-22-10-7-16(8-11-22)20-18(24)15-6-5-9-23(13-15)27(25,26)17-12-19-21(3)14(17)2/h12,15-16H,4-11,13H2,1-3H3,(H,20,24)/t15-/m0/s1. The van der Waals surface area contributed by atoms with Crippen LogP contribution in [0.4, 0.5) is 0 Å². The monoisotopic (exact) mass is 397 g/mol. The van der Waals surface area contributed by atoms with Crippen LogP contribution in [0.2, 0.25) is 0 Å². The van der Waals surface area contributed by atoms with Crippen molar-refractivity contribution in [2.45, 2.75) is 50.5 Å². The van der Waals surface area contributed by atoms with E-state index in [1.165, 1.54) is 10.5 Å². The zero-order chi connectivity index (χ0) is 19.6. The van der Waals surface area contributed by atoms with E-state index in [0.29, 0.717) is 18.7 Å². The Morgan fingerprint density at radius 3 is 2.56 bits per heavy atom. The van der Waals surface area contributed by atoms with Crippen LogP contribution in [-0.4, -0.2) is 72.1 Å². The maximum absolute atomic E-state index is 13.0. The number of aryl methyl sites for hydroxylation is 1. The number of amides is 1. The summed E-state index contributed by atoms with van der Waals surface area (Å²) in [4.78, 5) is 15.4. The second-order valence-electron chi connectivity index (χ2n) is 7.64. The van der Waals surface area contributed by atoms with Crippen LogP contribution in [0, 0.1) is 12.8 Å². The molecule has 1 N–H and O–H groups in total. The number of piperidine rings is 2. The summed E-state index contributed by atoms with van der Waals surface area (Å²) in [6.07, 6.45) is 4.75. The molecule has 1 aromatic rings. The van der Waals surface area contributed by atoms with Crippen molar-refractivity contribution < 1.29 is 13.2 Å². The quantitative estimate of drug-likeness (QED) is 0.791. The fourth-order valence-corrected chi connectivity index (χ4v) is 5.67. The van der Waals surface area contributed by atoms with Gasteiger partial charge in [-0.3, -0.25) is 9.48 Å². The summed E-state index contributed by atoms with van der Waals surface area (Å²) in [5.41, 5.74) is 0.615. The van der Waals surface area contributed by atoms with Crippen molar-refractivity contribution >= 4 is 15.9 Å². The molecule has 3 rings (SSSR count). The number of sulfonamides is 1. The van der Waals surface area contributed by atoms with Gasteiger partial charge in [0.2, 0.25) is 15.9 Å². The molecule has 9 heteroatoms. The molecule has 0 bridgehead atoms.